The summed E-state index contributed by atoms with van der Waals surface area (Å²) >= 11 is 0. The van der Waals surface area contributed by atoms with E-state index in [0.29, 0.717) is 19.0 Å². The average molecular weight is 305 g/mol. The van der Waals surface area contributed by atoms with Crippen LogP contribution < -0.4 is 0 Å². The van der Waals surface area contributed by atoms with Gasteiger partial charge in [-0.25, -0.2) is 0 Å². The van der Waals surface area contributed by atoms with Crippen LogP contribution in [0.25, 0.3) is 0 Å². The van der Waals surface area contributed by atoms with E-state index in [1.54, 1.807) is 0 Å². The van der Waals surface area contributed by atoms with Crippen molar-refractivity contribution in [3.63, 3.8) is 0 Å². The number of nitrogens with zero attached hydrogens (tertiary/aromatic N) is 1. The Kier molecular flexibility index (Phi) is 5.98. The van der Waals surface area contributed by atoms with Crippen LogP contribution in [0.15, 0.2) is 24.3 Å². The quantitative estimate of drug-likeness (QED) is 0.848. The minimum atomic E-state index is -0.725. The molecule has 122 valence electrons. The Morgan fingerprint density at radius 2 is 2.00 bits per heavy atom. The van der Waals surface area contributed by atoms with Gasteiger partial charge in [-0.05, 0) is 42.9 Å². The number of aliphatic hydroxyl groups is 1. The Morgan fingerprint density at radius 1 is 1.32 bits per heavy atom. The molecule has 0 aromatic heterocycles. The monoisotopic (exact) mass is 305 g/mol. The summed E-state index contributed by atoms with van der Waals surface area (Å²) in [5.74, 6) is -0.399. The molecular formula is C18H27NO3. The summed E-state index contributed by atoms with van der Waals surface area (Å²) < 4.78 is 0. The van der Waals surface area contributed by atoms with E-state index in [9.17, 15) is 9.90 Å². The standard InChI is InChI=1S/C18H27NO3/c1-13(2)10-14-5-7-15(8-6-14)17(20)12-19-9-3-4-16(11-19)18(21)22/h5-8,13,16-17,20H,3-4,9-12H2,1-2H3,(H,21,22). The first-order chi connectivity index (χ1) is 10.5. The molecule has 0 radical (unpaired) electrons. The lowest BCUT2D eigenvalue weighted by Gasteiger charge is -2.32. The largest absolute Gasteiger partial charge is 0.481 e. The molecule has 0 aliphatic carbocycles. The van der Waals surface area contributed by atoms with Crippen LogP contribution in [0.2, 0.25) is 0 Å². The maximum absolute atomic E-state index is 11.1. The van der Waals surface area contributed by atoms with E-state index in [0.717, 1.165) is 31.4 Å². The highest BCUT2D eigenvalue weighted by atomic mass is 16.4. The number of benzene rings is 1. The summed E-state index contributed by atoms with van der Waals surface area (Å²) in [6.07, 6.45) is 2.12. The van der Waals surface area contributed by atoms with Gasteiger partial charge in [-0.2, -0.15) is 0 Å². The van der Waals surface area contributed by atoms with E-state index in [-0.39, 0.29) is 5.92 Å². The van der Waals surface area contributed by atoms with Crippen molar-refractivity contribution >= 4 is 5.97 Å². The van der Waals surface area contributed by atoms with Crippen molar-refractivity contribution in [1.29, 1.82) is 0 Å². The minimum Gasteiger partial charge on any atom is -0.481 e. The third-order valence-electron chi connectivity index (χ3n) is 4.29. The van der Waals surface area contributed by atoms with Crippen LogP contribution in [0.3, 0.4) is 0 Å². The first-order valence-electron chi connectivity index (χ1n) is 8.17. The number of piperidine rings is 1. The second kappa shape index (κ2) is 7.75. The number of hydrogen-bond acceptors (Lipinski definition) is 3. The lowest BCUT2D eigenvalue weighted by Crippen LogP contribution is -2.40. The SMILES string of the molecule is CC(C)Cc1ccc(C(O)CN2CCCC(C(=O)O)C2)cc1. The second-order valence-electron chi connectivity index (χ2n) is 6.79. The molecule has 2 rings (SSSR count). The third-order valence-corrected chi connectivity index (χ3v) is 4.29. The fourth-order valence-corrected chi connectivity index (χ4v) is 3.12. The molecule has 2 atom stereocenters. The van der Waals surface area contributed by atoms with Crippen LogP contribution in [-0.2, 0) is 11.2 Å². The van der Waals surface area contributed by atoms with Crippen LogP contribution in [0.1, 0.15) is 43.9 Å². The lowest BCUT2D eigenvalue weighted by molar-refractivity contribution is -0.143. The fraction of sp³-hybridized carbons (Fsp3) is 0.611. The molecule has 1 aromatic rings. The Morgan fingerprint density at radius 3 is 2.59 bits per heavy atom. The highest BCUT2D eigenvalue weighted by Gasteiger charge is 2.26. The topological polar surface area (TPSA) is 60.8 Å². The van der Waals surface area contributed by atoms with E-state index in [1.165, 1.54) is 5.56 Å². The van der Waals surface area contributed by atoms with Crippen molar-refractivity contribution in [2.24, 2.45) is 11.8 Å². The van der Waals surface area contributed by atoms with Crippen molar-refractivity contribution in [2.75, 3.05) is 19.6 Å². The number of rotatable bonds is 6. The molecule has 1 aliphatic rings. The molecule has 0 spiro atoms. The number of hydrogen-bond donors (Lipinski definition) is 2. The molecule has 0 saturated carbocycles. The van der Waals surface area contributed by atoms with Crippen LogP contribution in [-0.4, -0.2) is 40.7 Å². The molecule has 1 aromatic carbocycles. The van der Waals surface area contributed by atoms with Gasteiger partial charge in [0.15, 0.2) is 0 Å². The molecule has 22 heavy (non-hydrogen) atoms. The highest BCUT2D eigenvalue weighted by molar-refractivity contribution is 5.70. The van der Waals surface area contributed by atoms with Gasteiger partial charge >= 0.3 is 5.97 Å². The molecule has 0 amide bonds. The number of β-amino-alcohol motifs (C(OH)–C–C–N with tert-alkyl or cyclic N) is 1. The smallest absolute Gasteiger partial charge is 0.307 e. The Balaban J connectivity index is 1.91. The fourth-order valence-electron chi connectivity index (χ4n) is 3.12. The van der Waals surface area contributed by atoms with Gasteiger partial charge in [-0.3, -0.25) is 9.69 Å². The average Bonchev–Trinajstić information content (AvgIpc) is 2.47. The number of carboxylic acids is 1. The normalized spacial score (nSPS) is 21.0. The van der Waals surface area contributed by atoms with Crippen molar-refractivity contribution in [3.05, 3.63) is 35.4 Å². The number of aliphatic carboxylic acids is 1. The first-order valence-corrected chi connectivity index (χ1v) is 8.17. The highest BCUT2D eigenvalue weighted by Crippen LogP contribution is 2.21. The van der Waals surface area contributed by atoms with E-state index >= 15 is 0 Å². The van der Waals surface area contributed by atoms with E-state index in [2.05, 4.69) is 30.9 Å². The van der Waals surface area contributed by atoms with E-state index in [1.807, 2.05) is 12.1 Å². The molecule has 0 bridgehead atoms. The molecule has 4 heteroatoms. The Bertz CT molecular complexity index is 484. The minimum absolute atomic E-state index is 0.297. The van der Waals surface area contributed by atoms with Gasteiger partial charge < -0.3 is 10.2 Å². The Hall–Kier alpha value is -1.39. The number of carboxylic acid groups (broad SMARTS) is 1. The molecule has 2 N–H and O–H groups in total. The predicted molar refractivity (Wildman–Crippen MR) is 86.7 cm³/mol. The van der Waals surface area contributed by atoms with Gasteiger partial charge in [0.25, 0.3) is 0 Å². The van der Waals surface area contributed by atoms with Crippen LogP contribution in [0.4, 0.5) is 0 Å². The molecule has 1 fully saturated rings. The zero-order valence-electron chi connectivity index (χ0n) is 13.5. The molecule has 1 aliphatic heterocycles. The van der Waals surface area contributed by atoms with Crippen molar-refractivity contribution in [3.8, 4) is 0 Å². The zero-order valence-corrected chi connectivity index (χ0v) is 13.5. The molecular weight excluding hydrogens is 278 g/mol. The summed E-state index contributed by atoms with van der Waals surface area (Å²) in [6.45, 7) is 6.30. The van der Waals surface area contributed by atoms with Crippen molar-refractivity contribution in [1.82, 2.24) is 4.90 Å². The van der Waals surface area contributed by atoms with Crippen LogP contribution in [0, 0.1) is 11.8 Å². The van der Waals surface area contributed by atoms with E-state index < -0.39 is 12.1 Å². The second-order valence-corrected chi connectivity index (χ2v) is 6.79. The van der Waals surface area contributed by atoms with Crippen molar-refractivity contribution in [2.45, 2.75) is 39.2 Å². The number of carbonyl (C=O) groups is 1. The van der Waals surface area contributed by atoms with Gasteiger partial charge in [-0.15, -0.1) is 0 Å². The van der Waals surface area contributed by atoms with E-state index in [4.69, 9.17) is 5.11 Å². The zero-order chi connectivity index (χ0) is 16.1. The maximum Gasteiger partial charge on any atom is 0.307 e. The molecule has 1 heterocycles. The summed E-state index contributed by atoms with van der Waals surface area (Å²) in [5, 5.41) is 19.5. The van der Waals surface area contributed by atoms with Crippen LogP contribution >= 0.6 is 0 Å². The van der Waals surface area contributed by atoms with Gasteiger partial charge in [0.1, 0.15) is 0 Å². The van der Waals surface area contributed by atoms with Gasteiger partial charge in [0, 0.05) is 13.1 Å². The predicted octanol–water partition coefficient (Wildman–Crippen LogP) is 2.72. The van der Waals surface area contributed by atoms with Gasteiger partial charge in [-0.1, -0.05) is 38.1 Å². The summed E-state index contributed by atoms with van der Waals surface area (Å²) in [5.41, 5.74) is 2.19. The number of aliphatic hydroxyl groups excluding tert-OH is 1. The lowest BCUT2D eigenvalue weighted by atomic mass is 9.97. The molecule has 2 unspecified atom stereocenters. The summed E-state index contributed by atoms with van der Waals surface area (Å²) in [6, 6.07) is 8.13. The Labute approximate surface area is 132 Å². The maximum atomic E-state index is 11.1. The summed E-state index contributed by atoms with van der Waals surface area (Å²) in [7, 11) is 0. The number of likely N-dealkylation sites (tertiary alicyclic amines) is 1. The van der Waals surface area contributed by atoms with Crippen molar-refractivity contribution < 1.29 is 15.0 Å². The van der Waals surface area contributed by atoms with Gasteiger partial charge in [0.05, 0.1) is 12.0 Å². The third kappa shape index (κ3) is 4.82. The van der Waals surface area contributed by atoms with Crippen LogP contribution in [0.5, 0.6) is 0 Å². The molecule has 1 saturated heterocycles. The summed E-state index contributed by atoms with van der Waals surface area (Å²) in [4.78, 5) is 13.2. The van der Waals surface area contributed by atoms with Gasteiger partial charge in [0.2, 0.25) is 0 Å². The first kappa shape index (κ1) is 17.0. The molecule has 4 nitrogen and oxygen atoms in total.